The van der Waals surface area contributed by atoms with E-state index in [0.29, 0.717) is 0 Å². The molecule has 0 spiro atoms. The molecule has 1 aromatic rings. The molecule has 2 heterocycles. The van der Waals surface area contributed by atoms with Gasteiger partial charge in [0.2, 0.25) is 0 Å². The van der Waals surface area contributed by atoms with E-state index in [4.69, 9.17) is 15.6 Å². The number of nitrogens with zero attached hydrogens (tertiary/aromatic N) is 2. The van der Waals surface area contributed by atoms with Crippen molar-refractivity contribution < 1.29 is 20.1 Å². The highest BCUT2D eigenvalue weighted by Crippen LogP contribution is 2.42. The number of rotatable bonds is 2. The molecule has 0 aromatic carbocycles. The number of aliphatic hydroxyl groups excluding tert-OH is 2. The maximum absolute atomic E-state index is 11.9. The summed E-state index contributed by atoms with van der Waals surface area (Å²) in [7, 11) is 0. The van der Waals surface area contributed by atoms with Crippen LogP contribution < -0.4 is 11.4 Å². The molecule has 8 heteroatoms. The highest BCUT2D eigenvalue weighted by Gasteiger charge is 2.61. The van der Waals surface area contributed by atoms with Crippen molar-refractivity contribution in [2.24, 2.45) is 0 Å². The molecule has 0 bridgehead atoms. The van der Waals surface area contributed by atoms with Gasteiger partial charge in [-0.05, 0) is 19.9 Å². The van der Waals surface area contributed by atoms with Crippen LogP contribution in [-0.4, -0.2) is 49.3 Å². The lowest BCUT2D eigenvalue weighted by Gasteiger charge is -2.37. The van der Waals surface area contributed by atoms with Crippen molar-refractivity contribution in [2.45, 2.75) is 37.4 Å². The van der Waals surface area contributed by atoms with E-state index in [0.717, 1.165) is 4.57 Å². The smallest absolute Gasteiger partial charge is 0.351 e. The maximum Gasteiger partial charge on any atom is 0.351 e. The molecule has 1 aliphatic rings. The van der Waals surface area contributed by atoms with Crippen molar-refractivity contribution in [1.82, 2.24) is 9.55 Å². The molecule has 2 rings (SSSR count). The van der Waals surface area contributed by atoms with Crippen LogP contribution >= 0.6 is 0 Å². The first-order valence-electron chi connectivity index (χ1n) is 5.79. The Balaban J connectivity index is 2.56. The van der Waals surface area contributed by atoms with Crippen LogP contribution in [0.1, 0.15) is 13.8 Å². The quantitative estimate of drug-likeness (QED) is 0.489. The van der Waals surface area contributed by atoms with Gasteiger partial charge >= 0.3 is 5.69 Å². The van der Waals surface area contributed by atoms with Crippen LogP contribution in [0.25, 0.3) is 0 Å². The van der Waals surface area contributed by atoms with E-state index in [1.165, 1.54) is 26.1 Å². The number of aromatic nitrogens is 2. The highest BCUT2D eigenvalue weighted by molar-refractivity contribution is 5.24. The minimum absolute atomic E-state index is 0.0433. The van der Waals surface area contributed by atoms with Crippen LogP contribution in [0.3, 0.4) is 0 Å². The first-order valence-corrected chi connectivity index (χ1v) is 5.79. The van der Waals surface area contributed by atoms with Gasteiger partial charge in [-0.15, -0.1) is 0 Å². The van der Waals surface area contributed by atoms with Gasteiger partial charge in [0.15, 0.2) is 5.72 Å². The summed E-state index contributed by atoms with van der Waals surface area (Å²) < 4.78 is 6.51. The maximum atomic E-state index is 11.9. The summed E-state index contributed by atoms with van der Waals surface area (Å²) in [5.74, 6) is 0.0433. The zero-order chi connectivity index (χ0) is 14.4. The summed E-state index contributed by atoms with van der Waals surface area (Å²) in [6.45, 7) is 2.28. The van der Waals surface area contributed by atoms with Crippen LogP contribution in [0, 0.1) is 0 Å². The fourth-order valence-electron chi connectivity index (χ4n) is 2.29. The molecule has 19 heavy (non-hydrogen) atoms. The Morgan fingerprint density at radius 2 is 2.21 bits per heavy atom. The van der Waals surface area contributed by atoms with Crippen LogP contribution in [0.4, 0.5) is 5.82 Å². The third kappa shape index (κ3) is 1.84. The Bertz CT molecular complexity index is 543. The van der Waals surface area contributed by atoms with Crippen molar-refractivity contribution >= 4 is 5.82 Å². The third-order valence-corrected chi connectivity index (χ3v) is 3.71. The zero-order valence-corrected chi connectivity index (χ0v) is 10.6. The summed E-state index contributed by atoms with van der Waals surface area (Å²) in [6, 6.07) is 1.38. The van der Waals surface area contributed by atoms with E-state index < -0.39 is 35.8 Å². The van der Waals surface area contributed by atoms with Gasteiger partial charge in [-0.2, -0.15) is 4.98 Å². The lowest BCUT2D eigenvalue weighted by atomic mass is 9.88. The molecule has 1 aliphatic heterocycles. The van der Waals surface area contributed by atoms with E-state index in [1.54, 1.807) is 0 Å². The fraction of sp³-hybridized carbons (Fsp3) is 0.636. The van der Waals surface area contributed by atoms with E-state index in [1.807, 2.05) is 0 Å². The largest absolute Gasteiger partial charge is 0.394 e. The van der Waals surface area contributed by atoms with Crippen molar-refractivity contribution in [1.29, 1.82) is 0 Å². The van der Waals surface area contributed by atoms with Gasteiger partial charge in [-0.3, -0.25) is 4.57 Å². The van der Waals surface area contributed by atoms with Crippen molar-refractivity contribution in [3.63, 3.8) is 0 Å². The van der Waals surface area contributed by atoms with Crippen LogP contribution in [0.5, 0.6) is 0 Å². The number of hydrogen-bond donors (Lipinski definition) is 4. The summed E-state index contributed by atoms with van der Waals surface area (Å²) in [6.07, 6.45) is -1.01. The second-order valence-electron chi connectivity index (χ2n) is 4.92. The van der Waals surface area contributed by atoms with Crippen molar-refractivity contribution in [3.05, 3.63) is 22.7 Å². The molecule has 4 unspecified atom stereocenters. The average molecular weight is 271 g/mol. The van der Waals surface area contributed by atoms with Gasteiger partial charge in [0.1, 0.15) is 23.6 Å². The van der Waals surface area contributed by atoms with Crippen LogP contribution in [0.15, 0.2) is 17.1 Å². The Kier molecular flexibility index (Phi) is 3.13. The predicted octanol–water partition coefficient (Wildman–Crippen LogP) is -2.00. The zero-order valence-electron chi connectivity index (χ0n) is 10.6. The van der Waals surface area contributed by atoms with E-state index in [9.17, 15) is 15.0 Å². The molecule has 1 fully saturated rings. The third-order valence-electron chi connectivity index (χ3n) is 3.71. The normalized spacial score (nSPS) is 38.6. The number of nitrogens with two attached hydrogens (primary N) is 1. The number of aliphatic hydroxyl groups is 3. The molecular formula is C11H17N3O5. The minimum Gasteiger partial charge on any atom is -0.394 e. The predicted molar refractivity (Wildman–Crippen MR) is 65.1 cm³/mol. The molecule has 0 aliphatic carbocycles. The molecule has 1 saturated heterocycles. The van der Waals surface area contributed by atoms with Crippen molar-refractivity contribution in [2.75, 3.05) is 12.3 Å². The standard InChI is InChI=1S/C11H17N3O5/c1-10(18)8(16)6(5-15)19-11(10,2)14-4-3-7(12)13-9(14)17/h3-4,6,8,15-16,18H,5H2,1-2H3,(H2,12,13,17). The first kappa shape index (κ1) is 13.9. The Morgan fingerprint density at radius 3 is 2.68 bits per heavy atom. The monoisotopic (exact) mass is 271 g/mol. The lowest BCUT2D eigenvalue weighted by Crippen LogP contribution is -2.56. The minimum atomic E-state index is -1.78. The molecule has 8 nitrogen and oxygen atoms in total. The topological polar surface area (TPSA) is 131 Å². The van der Waals surface area contributed by atoms with Gasteiger partial charge in [0.05, 0.1) is 6.61 Å². The molecule has 4 atom stereocenters. The molecule has 0 amide bonds. The Labute approximate surface area is 109 Å². The molecule has 106 valence electrons. The summed E-state index contributed by atoms with van der Waals surface area (Å²) >= 11 is 0. The number of ether oxygens (including phenoxy) is 1. The van der Waals surface area contributed by atoms with Crippen LogP contribution in [-0.2, 0) is 10.5 Å². The molecule has 1 aromatic heterocycles. The molecule has 0 radical (unpaired) electrons. The van der Waals surface area contributed by atoms with E-state index in [2.05, 4.69) is 4.98 Å². The lowest BCUT2D eigenvalue weighted by molar-refractivity contribution is -0.178. The first-order chi connectivity index (χ1) is 8.74. The summed E-state index contributed by atoms with van der Waals surface area (Å²) in [5, 5.41) is 29.5. The van der Waals surface area contributed by atoms with Gasteiger partial charge in [-0.1, -0.05) is 0 Å². The average Bonchev–Trinajstić information content (AvgIpc) is 2.50. The van der Waals surface area contributed by atoms with Gasteiger partial charge in [-0.25, -0.2) is 4.79 Å². The van der Waals surface area contributed by atoms with E-state index >= 15 is 0 Å². The van der Waals surface area contributed by atoms with Gasteiger partial charge < -0.3 is 25.8 Å². The molecular weight excluding hydrogens is 254 g/mol. The number of nitrogen functional groups attached to an aromatic ring is 1. The molecule has 5 N–H and O–H groups in total. The summed E-state index contributed by atoms with van der Waals surface area (Å²) in [4.78, 5) is 15.4. The number of anilines is 1. The Morgan fingerprint density at radius 1 is 1.58 bits per heavy atom. The van der Waals surface area contributed by atoms with Crippen LogP contribution in [0.2, 0.25) is 0 Å². The summed E-state index contributed by atoms with van der Waals surface area (Å²) in [5.41, 5.74) is 1.35. The number of hydrogen-bond acceptors (Lipinski definition) is 7. The fourth-order valence-corrected chi connectivity index (χ4v) is 2.29. The van der Waals surface area contributed by atoms with Gasteiger partial charge in [0, 0.05) is 6.20 Å². The van der Waals surface area contributed by atoms with E-state index in [-0.39, 0.29) is 5.82 Å². The Hall–Kier alpha value is -1.48. The highest BCUT2D eigenvalue weighted by atomic mass is 16.6. The van der Waals surface area contributed by atoms with Crippen molar-refractivity contribution in [3.8, 4) is 0 Å². The molecule has 0 saturated carbocycles. The second-order valence-corrected chi connectivity index (χ2v) is 4.92. The second kappa shape index (κ2) is 4.27. The van der Waals surface area contributed by atoms with Gasteiger partial charge in [0.25, 0.3) is 0 Å². The SMILES string of the molecule is CC1(O)C(O)C(CO)OC1(C)n1ccc(N)nc1=O.